The Hall–Kier alpha value is -0.880. The van der Waals surface area contributed by atoms with E-state index in [4.69, 9.17) is 9.47 Å². The Balaban J connectivity index is 1.74. The van der Waals surface area contributed by atoms with Gasteiger partial charge in [-0.1, -0.05) is 108 Å². The van der Waals surface area contributed by atoms with Crippen molar-refractivity contribution in [1.29, 1.82) is 5.26 Å². The molecule has 0 heterocycles. The number of para-hydroxylation sites is 1. The third kappa shape index (κ3) is 4.95. The van der Waals surface area contributed by atoms with Crippen LogP contribution in [-0.2, 0) is 9.53 Å². The molecule has 1 fully saturated rings. The second kappa shape index (κ2) is 9.32. The van der Waals surface area contributed by atoms with Crippen molar-refractivity contribution in [1.82, 2.24) is 0 Å². The minimum absolute atomic E-state index is 0.0339. The molecule has 4 nitrogen and oxygen atoms in total. The van der Waals surface area contributed by atoms with Crippen LogP contribution in [-0.4, -0.2) is 12.9 Å². The topological polar surface area (TPSA) is 59.3 Å². The van der Waals surface area contributed by atoms with E-state index >= 15 is 0 Å². The first-order chi connectivity index (χ1) is 14.1. The number of carbonyl (C=O) groups excluding carboxylic acids is 1. The van der Waals surface area contributed by atoms with Crippen LogP contribution in [0.15, 0.2) is 54.6 Å². The lowest BCUT2D eigenvalue weighted by Crippen LogP contribution is -2.26. The van der Waals surface area contributed by atoms with Gasteiger partial charge in [-0.25, -0.2) is 0 Å². The van der Waals surface area contributed by atoms with Crippen LogP contribution in [0.1, 0.15) is 25.5 Å². The minimum Gasteiger partial charge on any atom is -0.457 e. The molecule has 2 aromatic rings. The predicted octanol–water partition coefficient (Wildman–Crippen LogP) is 7.46. The van der Waals surface area contributed by atoms with Gasteiger partial charge < -0.3 is 9.47 Å². The zero-order valence-corrected chi connectivity index (χ0v) is 22.5. The van der Waals surface area contributed by atoms with E-state index in [0.717, 1.165) is 0 Å². The second-order valence-corrected chi connectivity index (χ2v) is 14.4. The van der Waals surface area contributed by atoms with Gasteiger partial charge in [0.2, 0.25) is 6.10 Å². The number of rotatable bonds is 7. The number of halogens is 4. The summed E-state index contributed by atoms with van der Waals surface area (Å²) in [5, 5.41) is 9.65. The van der Waals surface area contributed by atoms with Crippen molar-refractivity contribution < 1.29 is 14.3 Å². The van der Waals surface area contributed by atoms with Crippen LogP contribution in [0.2, 0.25) is 0 Å². The molecular formula is C22H19Br4NO3. The Morgan fingerprint density at radius 3 is 2.33 bits per heavy atom. The lowest BCUT2D eigenvalue weighted by Gasteiger charge is -2.24. The Bertz CT molecular complexity index is 956. The standard InChI is InChI=1S/C22H19Br4NO3/c1-21(2)17(18(21)22(25,26)20(23)24)19(28)30-16(12-27)13-7-6-10-15(11-13)29-14-8-4-3-5-9-14/h3-11,16-18,20H,1-2H3/t16-,17-,18+/m1/s1. The lowest BCUT2D eigenvalue weighted by molar-refractivity contribution is -0.149. The van der Waals surface area contributed by atoms with Crippen LogP contribution < -0.4 is 4.74 Å². The van der Waals surface area contributed by atoms with Crippen molar-refractivity contribution in [2.45, 2.75) is 26.9 Å². The normalized spacial score (nSPS) is 20.9. The highest BCUT2D eigenvalue weighted by molar-refractivity contribution is 9.30. The molecule has 8 heteroatoms. The molecular weight excluding hydrogens is 646 g/mol. The maximum absolute atomic E-state index is 12.9. The van der Waals surface area contributed by atoms with E-state index in [0.29, 0.717) is 17.1 Å². The van der Waals surface area contributed by atoms with Gasteiger partial charge in [0.25, 0.3) is 0 Å². The number of ether oxygens (including phenoxy) is 2. The number of benzene rings is 2. The minimum atomic E-state index is -1.02. The highest BCUT2D eigenvalue weighted by Gasteiger charge is 2.70. The van der Waals surface area contributed by atoms with Crippen molar-refractivity contribution in [3.63, 3.8) is 0 Å². The van der Waals surface area contributed by atoms with E-state index in [1.165, 1.54) is 0 Å². The van der Waals surface area contributed by atoms with Crippen LogP contribution >= 0.6 is 63.7 Å². The number of alkyl halides is 4. The predicted molar refractivity (Wildman–Crippen MR) is 130 cm³/mol. The molecule has 1 saturated carbocycles. The molecule has 0 aliphatic heterocycles. The van der Waals surface area contributed by atoms with Gasteiger partial charge in [0.1, 0.15) is 20.8 Å². The maximum Gasteiger partial charge on any atom is 0.311 e. The number of nitrogens with zero attached hydrogens (tertiary/aromatic N) is 1. The summed E-state index contributed by atoms with van der Waals surface area (Å²) in [7, 11) is 0. The van der Waals surface area contributed by atoms with Crippen molar-refractivity contribution in [3.05, 3.63) is 60.2 Å². The highest BCUT2D eigenvalue weighted by atomic mass is 79.9. The summed E-state index contributed by atoms with van der Waals surface area (Å²) in [5.41, 5.74) is 0.277. The van der Waals surface area contributed by atoms with Crippen LogP contribution in [0.25, 0.3) is 0 Å². The van der Waals surface area contributed by atoms with E-state index < -0.39 is 15.3 Å². The largest absolute Gasteiger partial charge is 0.457 e. The average molecular weight is 665 g/mol. The number of esters is 1. The van der Waals surface area contributed by atoms with Gasteiger partial charge in [0.05, 0.1) is 9.65 Å². The Kier molecular flexibility index (Phi) is 7.38. The van der Waals surface area contributed by atoms with E-state index in [9.17, 15) is 10.1 Å². The van der Waals surface area contributed by atoms with E-state index in [-0.39, 0.29) is 21.0 Å². The quantitative estimate of drug-likeness (QED) is 0.228. The van der Waals surface area contributed by atoms with Gasteiger partial charge in [0.15, 0.2) is 0 Å². The molecule has 158 valence electrons. The number of hydrogen-bond acceptors (Lipinski definition) is 4. The number of carbonyl (C=O) groups is 1. The Labute approximate surface area is 209 Å². The van der Waals surface area contributed by atoms with Crippen molar-refractivity contribution >= 4 is 69.7 Å². The fourth-order valence-electron chi connectivity index (χ4n) is 3.66. The second-order valence-electron chi connectivity index (χ2n) is 7.69. The molecule has 0 unspecified atom stereocenters. The van der Waals surface area contributed by atoms with Crippen LogP contribution in [0.3, 0.4) is 0 Å². The van der Waals surface area contributed by atoms with Crippen LogP contribution in [0.5, 0.6) is 11.5 Å². The molecule has 0 spiro atoms. The molecule has 3 atom stereocenters. The summed E-state index contributed by atoms with van der Waals surface area (Å²) in [6, 6.07) is 18.5. The van der Waals surface area contributed by atoms with E-state index in [1.54, 1.807) is 24.3 Å². The van der Waals surface area contributed by atoms with Gasteiger partial charge in [-0.15, -0.1) is 0 Å². The van der Waals surface area contributed by atoms with Crippen LogP contribution in [0, 0.1) is 28.6 Å². The molecule has 0 amide bonds. The first-order valence-corrected chi connectivity index (χ1v) is 12.6. The first kappa shape index (κ1) is 23.8. The lowest BCUT2D eigenvalue weighted by atomic mass is 10.1. The summed E-state index contributed by atoms with van der Waals surface area (Å²) < 4.78 is 10.8. The zero-order chi connectivity index (χ0) is 22.1. The van der Waals surface area contributed by atoms with Gasteiger partial charge in [-0.05, 0) is 29.7 Å². The van der Waals surface area contributed by atoms with E-state index in [1.807, 2.05) is 44.2 Å². The third-order valence-electron chi connectivity index (χ3n) is 5.28. The summed E-state index contributed by atoms with van der Waals surface area (Å²) >= 11 is 14.3. The van der Waals surface area contributed by atoms with Crippen molar-refractivity contribution in [2.75, 3.05) is 0 Å². The molecule has 0 N–H and O–H groups in total. The molecule has 0 radical (unpaired) electrons. The van der Waals surface area contributed by atoms with Crippen molar-refractivity contribution in [2.24, 2.45) is 17.3 Å². The first-order valence-electron chi connectivity index (χ1n) is 9.18. The molecule has 2 aromatic carbocycles. The Morgan fingerprint density at radius 2 is 1.73 bits per heavy atom. The highest BCUT2D eigenvalue weighted by Crippen LogP contribution is 2.69. The summed E-state index contributed by atoms with van der Waals surface area (Å²) in [4.78, 5) is 12.9. The van der Waals surface area contributed by atoms with Gasteiger partial charge in [0, 0.05) is 11.5 Å². The molecule has 1 aliphatic carbocycles. The monoisotopic (exact) mass is 661 g/mol. The smallest absolute Gasteiger partial charge is 0.311 e. The van der Waals surface area contributed by atoms with Gasteiger partial charge >= 0.3 is 5.97 Å². The summed E-state index contributed by atoms with van der Waals surface area (Å²) in [6.45, 7) is 4.03. The zero-order valence-electron chi connectivity index (χ0n) is 16.2. The third-order valence-corrected chi connectivity index (χ3v) is 11.1. The molecule has 30 heavy (non-hydrogen) atoms. The molecule has 0 aromatic heterocycles. The molecule has 0 bridgehead atoms. The molecule has 3 rings (SSSR count). The van der Waals surface area contributed by atoms with E-state index in [2.05, 4.69) is 69.8 Å². The summed E-state index contributed by atoms with van der Waals surface area (Å²) in [6.07, 6.45) is -1.02. The number of hydrogen-bond donors (Lipinski definition) is 0. The van der Waals surface area contributed by atoms with Gasteiger partial charge in [-0.2, -0.15) is 5.26 Å². The Morgan fingerprint density at radius 1 is 1.10 bits per heavy atom. The summed E-state index contributed by atoms with van der Waals surface area (Å²) in [5.74, 6) is 0.477. The maximum atomic E-state index is 12.9. The van der Waals surface area contributed by atoms with Crippen molar-refractivity contribution in [3.8, 4) is 17.6 Å². The molecule has 0 saturated heterocycles. The van der Waals surface area contributed by atoms with Gasteiger partial charge in [-0.3, -0.25) is 4.79 Å². The fraction of sp³-hybridized carbons (Fsp3) is 0.364. The van der Waals surface area contributed by atoms with Crippen LogP contribution in [0.4, 0.5) is 0 Å². The fourth-order valence-corrected chi connectivity index (χ4v) is 5.93. The SMILES string of the molecule is CC1(C)[C@@H](C(Br)(Br)C(Br)Br)[C@@H]1C(=O)O[C@H](C#N)c1cccc(Oc2ccccc2)c1. The molecule has 1 aliphatic rings. The number of nitriles is 1. The average Bonchev–Trinajstić information content (AvgIpc) is 3.30.